The molecule has 350 valence electrons. The lowest BCUT2D eigenvalue weighted by molar-refractivity contribution is 1.28. The van der Waals surface area contributed by atoms with Crippen LogP contribution in [0, 0.1) is 0 Å². The quantitative estimate of drug-likeness (QED) is 0.114. The van der Waals surface area contributed by atoms with E-state index in [0.717, 1.165) is 50.8 Å². The maximum absolute atomic E-state index is 2.37. The number of rotatable bonds is 13. The second-order valence-corrected chi connectivity index (χ2v) is 18.5. The molecule has 0 aliphatic rings. The lowest BCUT2D eigenvalue weighted by Gasteiger charge is -2.27. The molecule has 0 radical (unpaired) electrons. The summed E-state index contributed by atoms with van der Waals surface area (Å²) in [5.74, 6) is 0. The Labute approximate surface area is 435 Å². The molecule has 0 saturated heterocycles. The van der Waals surface area contributed by atoms with Gasteiger partial charge in [0.1, 0.15) is 0 Å². The van der Waals surface area contributed by atoms with Crippen LogP contribution in [-0.2, 0) is 0 Å². The van der Waals surface area contributed by atoms with E-state index in [0.29, 0.717) is 0 Å². The Bertz CT molecular complexity index is 3780. The van der Waals surface area contributed by atoms with Crippen LogP contribution in [0.25, 0.3) is 77.9 Å². The fraction of sp³-hybridized carbons (Fsp3) is 0. The number of hydrogen-bond acceptors (Lipinski definition) is 2. The van der Waals surface area contributed by atoms with Gasteiger partial charge < -0.3 is 9.80 Å². The lowest BCUT2D eigenvalue weighted by atomic mass is 9.93. The Morgan fingerprint density at radius 2 is 0.365 bits per heavy atom. The van der Waals surface area contributed by atoms with Gasteiger partial charge in [0.15, 0.2) is 0 Å². The molecule has 0 aromatic heterocycles. The number of hydrogen-bond donors (Lipinski definition) is 0. The molecule has 0 amide bonds. The van der Waals surface area contributed by atoms with Crippen LogP contribution in [0.5, 0.6) is 0 Å². The Morgan fingerprint density at radius 3 is 0.730 bits per heavy atom. The zero-order valence-electron chi connectivity index (χ0n) is 40.9. The van der Waals surface area contributed by atoms with E-state index in [1.807, 2.05) is 0 Å². The molecule has 0 spiro atoms. The van der Waals surface area contributed by atoms with Gasteiger partial charge in [-0.1, -0.05) is 243 Å². The van der Waals surface area contributed by atoms with Gasteiger partial charge in [-0.05, 0) is 151 Å². The monoisotopic (exact) mass is 944 g/mol. The summed E-state index contributed by atoms with van der Waals surface area (Å²) in [4.78, 5) is 4.72. The third kappa shape index (κ3) is 9.69. The number of anilines is 6. The first-order valence-corrected chi connectivity index (χ1v) is 25.3. The van der Waals surface area contributed by atoms with E-state index in [1.54, 1.807) is 0 Å². The summed E-state index contributed by atoms with van der Waals surface area (Å²) < 4.78 is 0. The Kier molecular flexibility index (Phi) is 12.8. The zero-order chi connectivity index (χ0) is 49.5. The molecule has 2 nitrogen and oxygen atoms in total. The predicted molar refractivity (Wildman–Crippen MR) is 314 cm³/mol. The van der Waals surface area contributed by atoms with Crippen molar-refractivity contribution < 1.29 is 0 Å². The Morgan fingerprint density at radius 1 is 0.135 bits per heavy atom. The number of benzene rings is 12. The van der Waals surface area contributed by atoms with Crippen LogP contribution in [0.2, 0.25) is 0 Å². The summed E-state index contributed by atoms with van der Waals surface area (Å²) in [6.07, 6.45) is 0. The van der Waals surface area contributed by atoms with Crippen LogP contribution in [0.1, 0.15) is 0 Å². The highest BCUT2D eigenvalue weighted by Crippen LogP contribution is 2.42. The molecule has 0 atom stereocenters. The van der Waals surface area contributed by atoms with E-state index >= 15 is 0 Å². The van der Waals surface area contributed by atoms with Crippen molar-refractivity contribution >= 4 is 34.1 Å². The van der Waals surface area contributed by atoms with Gasteiger partial charge in [0.25, 0.3) is 0 Å². The van der Waals surface area contributed by atoms with Crippen molar-refractivity contribution in [1.82, 2.24) is 0 Å². The minimum absolute atomic E-state index is 1.08. The summed E-state index contributed by atoms with van der Waals surface area (Å²) in [5.41, 5.74) is 23.1. The van der Waals surface area contributed by atoms with Crippen LogP contribution < -0.4 is 9.80 Å². The van der Waals surface area contributed by atoms with Crippen molar-refractivity contribution in [3.8, 4) is 77.9 Å². The van der Waals surface area contributed by atoms with Gasteiger partial charge >= 0.3 is 0 Å². The minimum Gasteiger partial charge on any atom is -0.310 e. The lowest BCUT2D eigenvalue weighted by Crippen LogP contribution is -2.10. The van der Waals surface area contributed by atoms with Crippen LogP contribution >= 0.6 is 0 Å². The van der Waals surface area contributed by atoms with Gasteiger partial charge in [-0.25, -0.2) is 0 Å². The van der Waals surface area contributed by atoms with E-state index in [4.69, 9.17) is 0 Å². The van der Waals surface area contributed by atoms with Gasteiger partial charge in [-0.15, -0.1) is 0 Å². The molecule has 0 fully saturated rings. The smallest absolute Gasteiger partial charge is 0.0467 e. The molecule has 74 heavy (non-hydrogen) atoms. The van der Waals surface area contributed by atoms with E-state index in [-0.39, 0.29) is 0 Å². The normalized spacial score (nSPS) is 11.0. The zero-order valence-corrected chi connectivity index (χ0v) is 40.9. The van der Waals surface area contributed by atoms with Crippen molar-refractivity contribution in [3.63, 3.8) is 0 Å². The molecule has 0 unspecified atom stereocenters. The highest BCUT2D eigenvalue weighted by molar-refractivity contribution is 5.89. The fourth-order valence-electron chi connectivity index (χ4n) is 10.1. The molecule has 0 aliphatic carbocycles. The van der Waals surface area contributed by atoms with Crippen molar-refractivity contribution in [2.24, 2.45) is 0 Å². The molecule has 0 bridgehead atoms. The SMILES string of the molecule is c1ccc(-c2ccc(N(c3ccc(-c4ccc(-c5ccccc5-c5cccc(N(c6ccc(-c7ccccc7)cc6)c6cccc(-c7ccccc7)c6)c5)cc4)cc3)c3cccc(-c4ccccc4)c3)cc2)cc1. The molecule has 0 aliphatic heterocycles. The molecule has 12 rings (SSSR count). The first-order valence-electron chi connectivity index (χ1n) is 25.3. The fourth-order valence-corrected chi connectivity index (χ4v) is 10.1. The van der Waals surface area contributed by atoms with Crippen molar-refractivity contribution in [1.29, 1.82) is 0 Å². The van der Waals surface area contributed by atoms with Gasteiger partial charge in [0.2, 0.25) is 0 Å². The summed E-state index contributed by atoms with van der Waals surface area (Å²) in [6, 6.07) is 114. The Hall–Kier alpha value is -9.76. The minimum atomic E-state index is 1.08. The van der Waals surface area contributed by atoms with Crippen LogP contribution in [-0.4, -0.2) is 0 Å². The van der Waals surface area contributed by atoms with Gasteiger partial charge in [-0.2, -0.15) is 0 Å². The second-order valence-electron chi connectivity index (χ2n) is 18.5. The highest BCUT2D eigenvalue weighted by Gasteiger charge is 2.18. The van der Waals surface area contributed by atoms with Crippen molar-refractivity contribution in [2.45, 2.75) is 0 Å². The van der Waals surface area contributed by atoms with Gasteiger partial charge in [0.05, 0.1) is 0 Å². The summed E-state index contributed by atoms with van der Waals surface area (Å²) >= 11 is 0. The van der Waals surface area contributed by atoms with Crippen LogP contribution in [0.3, 0.4) is 0 Å². The third-order valence-corrected chi connectivity index (χ3v) is 13.9. The topological polar surface area (TPSA) is 6.48 Å². The van der Waals surface area contributed by atoms with Crippen molar-refractivity contribution in [2.75, 3.05) is 9.80 Å². The van der Waals surface area contributed by atoms with Gasteiger partial charge in [0, 0.05) is 34.1 Å². The van der Waals surface area contributed by atoms with Crippen LogP contribution in [0.15, 0.2) is 315 Å². The summed E-state index contributed by atoms with van der Waals surface area (Å²) in [5, 5.41) is 0. The predicted octanol–water partition coefficient (Wildman–Crippen LogP) is 20.3. The van der Waals surface area contributed by atoms with E-state index in [1.165, 1.54) is 61.2 Å². The molecule has 12 aromatic rings. The van der Waals surface area contributed by atoms with Crippen LogP contribution in [0.4, 0.5) is 34.1 Å². The van der Waals surface area contributed by atoms with Gasteiger partial charge in [-0.3, -0.25) is 0 Å². The summed E-state index contributed by atoms with van der Waals surface area (Å²) in [6.45, 7) is 0. The standard InChI is InChI=1S/C72H52N2/c1-5-18-53(19-6-1)58-38-44-65(45-39-58)73(68-29-15-26-62(50-68)55-22-9-3-10-23-55)66-46-42-60(43-47-66)57-34-36-61(37-35-57)71-32-13-14-33-72(71)64-28-17-31-70(52-64)74(67-48-40-59(41-49-67)54-20-7-2-8-21-54)69-30-16-27-63(51-69)56-24-11-4-12-25-56/h1-52H. The maximum atomic E-state index is 2.37. The average Bonchev–Trinajstić information content (AvgIpc) is 3.49. The average molecular weight is 945 g/mol. The molecule has 0 saturated carbocycles. The largest absolute Gasteiger partial charge is 0.310 e. The summed E-state index contributed by atoms with van der Waals surface area (Å²) in [7, 11) is 0. The number of nitrogens with zero attached hydrogens (tertiary/aromatic N) is 2. The van der Waals surface area contributed by atoms with Crippen molar-refractivity contribution in [3.05, 3.63) is 315 Å². The molecule has 2 heteroatoms. The van der Waals surface area contributed by atoms with E-state index in [9.17, 15) is 0 Å². The molecular formula is C72H52N2. The highest BCUT2D eigenvalue weighted by atomic mass is 15.1. The molecule has 0 heterocycles. The van der Waals surface area contributed by atoms with E-state index < -0.39 is 0 Å². The second kappa shape index (κ2) is 20.9. The first kappa shape index (κ1) is 45.4. The molecule has 12 aromatic carbocycles. The Balaban J connectivity index is 0.852. The third-order valence-electron chi connectivity index (χ3n) is 13.9. The molecular weight excluding hydrogens is 893 g/mol. The molecule has 0 N–H and O–H groups in total. The maximum Gasteiger partial charge on any atom is 0.0467 e. The first-order chi connectivity index (χ1) is 36.7. The van der Waals surface area contributed by atoms with E-state index in [2.05, 4.69) is 325 Å².